The quantitative estimate of drug-likeness (QED) is 0.785. The number of likely N-dealkylation sites (N-methyl/N-ethyl adjacent to an activating group) is 1. The molecule has 1 N–H and O–H groups in total. The van der Waals surface area contributed by atoms with E-state index in [0.29, 0.717) is 23.8 Å². The Morgan fingerprint density at radius 2 is 1.62 bits per heavy atom. The minimum atomic E-state index is 0.157. The van der Waals surface area contributed by atoms with Gasteiger partial charge in [-0.1, -0.05) is 0 Å². The summed E-state index contributed by atoms with van der Waals surface area (Å²) in [7, 11) is 6.63. The van der Waals surface area contributed by atoms with Gasteiger partial charge in [-0.2, -0.15) is 0 Å². The number of piperazine rings is 1. The fourth-order valence-electron chi connectivity index (χ4n) is 2.90. The highest BCUT2D eigenvalue weighted by Crippen LogP contribution is 2.38. The Balaban J connectivity index is 2.01. The first kappa shape index (κ1) is 18.4. The minimum Gasteiger partial charge on any atom is -0.493 e. The largest absolute Gasteiger partial charge is 0.493 e. The number of hydrogen-bond acceptors (Lipinski definition) is 6. The number of amides is 1. The lowest BCUT2D eigenvalue weighted by Gasteiger charge is -2.34. The number of carbonyl (C=O) groups is 1. The summed E-state index contributed by atoms with van der Waals surface area (Å²) in [4.78, 5) is 16.1. The molecule has 0 aromatic heterocycles. The van der Waals surface area contributed by atoms with Gasteiger partial charge in [0.2, 0.25) is 11.7 Å². The summed E-state index contributed by atoms with van der Waals surface area (Å²) in [6.07, 6.45) is 0. The first-order chi connectivity index (χ1) is 11.6. The van der Waals surface area contributed by atoms with E-state index in [2.05, 4.69) is 10.2 Å². The molecule has 0 spiro atoms. The summed E-state index contributed by atoms with van der Waals surface area (Å²) >= 11 is 0. The molecule has 1 fully saturated rings. The number of benzene rings is 1. The summed E-state index contributed by atoms with van der Waals surface area (Å²) in [5.41, 5.74) is 1.10. The minimum absolute atomic E-state index is 0.157. The maximum absolute atomic E-state index is 11.9. The van der Waals surface area contributed by atoms with Gasteiger partial charge in [-0.25, -0.2) is 0 Å². The molecule has 0 atom stereocenters. The highest BCUT2D eigenvalue weighted by Gasteiger charge is 2.21. The molecule has 7 nitrogen and oxygen atoms in total. The molecule has 1 saturated heterocycles. The molecule has 24 heavy (non-hydrogen) atoms. The van der Waals surface area contributed by atoms with Crippen molar-refractivity contribution in [2.45, 2.75) is 6.54 Å². The Hall–Kier alpha value is -1.99. The van der Waals surface area contributed by atoms with Crippen LogP contribution in [0.2, 0.25) is 0 Å². The number of carbonyl (C=O) groups excluding carboxylic acids is 1. The van der Waals surface area contributed by atoms with E-state index in [-0.39, 0.29) is 5.91 Å². The molecule has 1 aromatic carbocycles. The number of rotatable bonds is 7. The molecule has 1 aliphatic heterocycles. The summed E-state index contributed by atoms with van der Waals surface area (Å²) in [6.45, 7) is 4.39. The highest BCUT2D eigenvalue weighted by atomic mass is 16.5. The molecule has 1 amide bonds. The number of nitrogens with one attached hydrogen (secondary N) is 1. The molecule has 2 rings (SSSR count). The number of nitrogens with zero attached hydrogens (tertiary/aromatic N) is 2. The van der Waals surface area contributed by atoms with E-state index < -0.39 is 0 Å². The third kappa shape index (κ3) is 4.30. The topological polar surface area (TPSA) is 63.3 Å². The van der Waals surface area contributed by atoms with Gasteiger partial charge in [-0.3, -0.25) is 9.69 Å². The smallest absolute Gasteiger partial charge is 0.236 e. The van der Waals surface area contributed by atoms with Crippen LogP contribution in [-0.4, -0.2) is 76.8 Å². The second-order valence-electron chi connectivity index (χ2n) is 5.72. The van der Waals surface area contributed by atoms with Gasteiger partial charge < -0.3 is 24.4 Å². The van der Waals surface area contributed by atoms with Crippen molar-refractivity contribution in [1.82, 2.24) is 15.1 Å². The first-order valence-electron chi connectivity index (χ1n) is 8.06. The number of methoxy groups -OCH3 is 3. The second kappa shape index (κ2) is 8.75. The van der Waals surface area contributed by atoms with E-state index >= 15 is 0 Å². The lowest BCUT2D eigenvalue weighted by atomic mass is 10.1. The van der Waals surface area contributed by atoms with Gasteiger partial charge in [0.15, 0.2) is 11.5 Å². The Labute approximate surface area is 143 Å². The van der Waals surface area contributed by atoms with Gasteiger partial charge in [0, 0.05) is 32.7 Å². The maximum Gasteiger partial charge on any atom is 0.236 e. The Morgan fingerprint density at radius 3 is 2.08 bits per heavy atom. The summed E-state index contributed by atoms with van der Waals surface area (Å²) in [6, 6.07) is 3.94. The predicted molar refractivity (Wildman–Crippen MR) is 91.9 cm³/mol. The van der Waals surface area contributed by atoms with E-state index in [1.165, 1.54) is 0 Å². The van der Waals surface area contributed by atoms with Crippen LogP contribution in [0.4, 0.5) is 0 Å². The van der Waals surface area contributed by atoms with Crippen molar-refractivity contribution in [3.05, 3.63) is 17.7 Å². The summed E-state index contributed by atoms with van der Waals surface area (Å²) in [5.74, 6) is 2.08. The molecule has 0 unspecified atom stereocenters. The van der Waals surface area contributed by atoms with Crippen LogP contribution in [0, 0.1) is 0 Å². The third-order valence-corrected chi connectivity index (χ3v) is 4.18. The van der Waals surface area contributed by atoms with Crippen molar-refractivity contribution in [3.8, 4) is 17.2 Å². The molecular weight excluding hydrogens is 310 g/mol. The average molecular weight is 337 g/mol. The first-order valence-corrected chi connectivity index (χ1v) is 8.06. The van der Waals surface area contributed by atoms with Crippen molar-refractivity contribution < 1.29 is 19.0 Å². The van der Waals surface area contributed by atoms with E-state index in [9.17, 15) is 4.79 Å². The molecule has 134 valence electrons. The molecule has 7 heteroatoms. The average Bonchev–Trinajstić information content (AvgIpc) is 2.61. The Kier molecular flexibility index (Phi) is 6.69. The molecule has 1 aromatic rings. The van der Waals surface area contributed by atoms with Gasteiger partial charge >= 0.3 is 0 Å². The van der Waals surface area contributed by atoms with Crippen LogP contribution in [0.25, 0.3) is 0 Å². The summed E-state index contributed by atoms with van der Waals surface area (Å²) in [5, 5.41) is 2.91. The molecule has 0 bridgehead atoms. The van der Waals surface area contributed by atoms with Gasteiger partial charge in [0.1, 0.15) is 0 Å². The van der Waals surface area contributed by atoms with Crippen LogP contribution in [0.15, 0.2) is 12.1 Å². The third-order valence-electron chi connectivity index (χ3n) is 4.18. The van der Waals surface area contributed by atoms with Crippen LogP contribution in [0.1, 0.15) is 5.56 Å². The zero-order valence-electron chi connectivity index (χ0n) is 14.9. The van der Waals surface area contributed by atoms with E-state index in [1.54, 1.807) is 28.4 Å². The highest BCUT2D eigenvalue weighted by molar-refractivity contribution is 5.78. The van der Waals surface area contributed by atoms with Crippen molar-refractivity contribution >= 4 is 5.91 Å². The molecule has 0 radical (unpaired) electrons. The molecule has 0 aliphatic carbocycles. The normalized spacial score (nSPS) is 15.2. The molecule has 1 aliphatic rings. The van der Waals surface area contributed by atoms with Crippen molar-refractivity contribution in [3.63, 3.8) is 0 Å². The molecular formula is C17H27N3O4. The zero-order chi connectivity index (χ0) is 17.5. The standard InChI is InChI=1S/C17H27N3O4/c1-18-11-16(21)20-7-5-19(6-8-20)12-13-9-14(22-2)17(24-4)15(10-13)23-3/h9-10,18H,5-8,11-12H2,1-4H3. The van der Waals surface area contributed by atoms with E-state index in [0.717, 1.165) is 38.3 Å². The fourth-order valence-corrected chi connectivity index (χ4v) is 2.90. The van der Waals surface area contributed by atoms with Crippen LogP contribution in [0.3, 0.4) is 0 Å². The van der Waals surface area contributed by atoms with Gasteiger partial charge in [0.05, 0.1) is 27.9 Å². The number of ether oxygens (including phenoxy) is 3. The van der Waals surface area contributed by atoms with Gasteiger partial charge in [0.25, 0.3) is 0 Å². The second-order valence-corrected chi connectivity index (χ2v) is 5.72. The predicted octanol–water partition coefficient (Wildman–Crippen LogP) is 0.576. The lowest BCUT2D eigenvalue weighted by Crippen LogP contribution is -2.50. The van der Waals surface area contributed by atoms with E-state index in [4.69, 9.17) is 14.2 Å². The molecule has 1 heterocycles. The monoisotopic (exact) mass is 337 g/mol. The Morgan fingerprint density at radius 1 is 1.04 bits per heavy atom. The fraction of sp³-hybridized carbons (Fsp3) is 0.588. The maximum atomic E-state index is 11.9. The zero-order valence-corrected chi connectivity index (χ0v) is 14.9. The summed E-state index contributed by atoms with van der Waals surface area (Å²) < 4.78 is 16.2. The van der Waals surface area contributed by atoms with E-state index in [1.807, 2.05) is 17.0 Å². The molecule has 0 saturated carbocycles. The van der Waals surface area contributed by atoms with Crippen LogP contribution < -0.4 is 19.5 Å². The lowest BCUT2D eigenvalue weighted by molar-refractivity contribution is -0.131. The van der Waals surface area contributed by atoms with Crippen molar-refractivity contribution in [2.24, 2.45) is 0 Å². The SMILES string of the molecule is CNCC(=O)N1CCN(Cc2cc(OC)c(OC)c(OC)c2)CC1. The van der Waals surface area contributed by atoms with Crippen LogP contribution in [0.5, 0.6) is 17.2 Å². The van der Waals surface area contributed by atoms with Crippen LogP contribution in [-0.2, 0) is 11.3 Å². The van der Waals surface area contributed by atoms with Gasteiger partial charge in [-0.15, -0.1) is 0 Å². The Bertz CT molecular complexity index is 532. The van der Waals surface area contributed by atoms with Crippen molar-refractivity contribution in [1.29, 1.82) is 0 Å². The van der Waals surface area contributed by atoms with Crippen LogP contribution >= 0.6 is 0 Å². The number of hydrogen-bond donors (Lipinski definition) is 1. The van der Waals surface area contributed by atoms with Gasteiger partial charge in [-0.05, 0) is 24.7 Å². The van der Waals surface area contributed by atoms with Crippen molar-refractivity contribution in [2.75, 3.05) is 61.1 Å².